The topological polar surface area (TPSA) is 113 Å². The number of esters is 1. The number of nitrogens with zero attached hydrogens (tertiary/aromatic N) is 3. The highest BCUT2D eigenvalue weighted by molar-refractivity contribution is 5.93. The van der Waals surface area contributed by atoms with Crippen LogP contribution in [-0.4, -0.2) is 46.9 Å². The number of hydrogen-bond acceptors (Lipinski definition) is 7. The van der Waals surface area contributed by atoms with E-state index in [0.29, 0.717) is 34.0 Å². The molecule has 4 aromatic rings. The predicted molar refractivity (Wildman–Crippen MR) is 129 cm³/mol. The van der Waals surface area contributed by atoms with Gasteiger partial charge in [0.1, 0.15) is 12.1 Å². The van der Waals surface area contributed by atoms with Crippen LogP contribution in [0.3, 0.4) is 0 Å². The normalized spacial score (nSPS) is 10.7. The van der Waals surface area contributed by atoms with E-state index in [4.69, 9.17) is 14.2 Å². The van der Waals surface area contributed by atoms with Crippen molar-refractivity contribution in [3.63, 3.8) is 0 Å². The zero-order valence-electron chi connectivity index (χ0n) is 19.5. The molecule has 0 aliphatic rings. The third kappa shape index (κ3) is 5.01. The Hall–Kier alpha value is -4.60. The number of hydrogen-bond donors (Lipinski definition) is 1. The van der Waals surface area contributed by atoms with Gasteiger partial charge >= 0.3 is 5.97 Å². The first-order valence-corrected chi connectivity index (χ1v) is 10.8. The molecule has 35 heavy (non-hydrogen) atoms. The molecule has 0 aliphatic heterocycles. The van der Waals surface area contributed by atoms with Gasteiger partial charge in [0.25, 0.3) is 5.56 Å². The number of amides is 1. The summed E-state index contributed by atoms with van der Waals surface area (Å²) >= 11 is 0. The van der Waals surface area contributed by atoms with Crippen molar-refractivity contribution in [1.82, 2.24) is 14.2 Å². The van der Waals surface area contributed by atoms with E-state index >= 15 is 0 Å². The molecule has 0 saturated heterocycles. The minimum atomic E-state index is -0.432. The number of benzene rings is 2. The first kappa shape index (κ1) is 23.6. The number of aromatic nitrogens is 3. The van der Waals surface area contributed by atoms with Crippen molar-refractivity contribution in [3.05, 3.63) is 76.8 Å². The van der Waals surface area contributed by atoms with Crippen molar-refractivity contribution in [2.75, 3.05) is 26.1 Å². The number of methoxy groups -OCH3 is 2. The van der Waals surface area contributed by atoms with E-state index in [1.165, 1.54) is 15.3 Å². The van der Waals surface area contributed by atoms with Crippen LogP contribution < -0.4 is 20.3 Å². The smallest absolute Gasteiger partial charge is 0.338 e. The molecule has 1 amide bonds. The highest BCUT2D eigenvalue weighted by Crippen LogP contribution is 2.31. The average molecular weight is 476 g/mol. The third-order valence-corrected chi connectivity index (χ3v) is 5.28. The minimum absolute atomic E-state index is 0.189. The Balaban J connectivity index is 1.52. The van der Waals surface area contributed by atoms with E-state index in [2.05, 4.69) is 10.4 Å². The maximum absolute atomic E-state index is 13.0. The lowest BCUT2D eigenvalue weighted by atomic mass is 10.1. The number of carbonyl (C=O) groups is 2. The van der Waals surface area contributed by atoms with Gasteiger partial charge in [0.05, 0.1) is 32.1 Å². The molecule has 4 rings (SSSR count). The summed E-state index contributed by atoms with van der Waals surface area (Å²) in [5.74, 6) is 0.314. The number of carbonyl (C=O) groups excluding carboxylic acids is 2. The second-order valence-corrected chi connectivity index (χ2v) is 7.51. The van der Waals surface area contributed by atoms with E-state index < -0.39 is 5.97 Å². The molecular weight excluding hydrogens is 452 g/mol. The van der Waals surface area contributed by atoms with Crippen molar-refractivity contribution in [2.24, 2.45) is 0 Å². The Morgan fingerprint density at radius 3 is 2.40 bits per heavy atom. The van der Waals surface area contributed by atoms with E-state index in [9.17, 15) is 14.4 Å². The van der Waals surface area contributed by atoms with E-state index in [1.54, 1.807) is 69.8 Å². The summed E-state index contributed by atoms with van der Waals surface area (Å²) in [4.78, 5) is 37.3. The van der Waals surface area contributed by atoms with Crippen LogP contribution in [0.2, 0.25) is 0 Å². The summed E-state index contributed by atoms with van der Waals surface area (Å²) in [6, 6.07) is 13.3. The summed E-state index contributed by atoms with van der Waals surface area (Å²) in [6.45, 7) is 1.82. The molecule has 2 heterocycles. The van der Waals surface area contributed by atoms with E-state index in [-0.39, 0.29) is 24.6 Å². The predicted octanol–water partition coefficient (Wildman–Crippen LogP) is 3.00. The molecule has 10 nitrogen and oxygen atoms in total. The van der Waals surface area contributed by atoms with Gasteiger partial charge in [-0.15, -0.1) is 0 Å². The lowest BCUT2D eigenvalue weighted by Gasteiger charge is -2.08. The monoisotopic (exact) mass is 476 g/mol. The Labute approximate surface area is 200 Å². The molecule has 0 atom stereocenters. The summed E-state index contributed by atoms with van der Waals surface area (Å²) in [5.41, 5.74) is 2.17. The molecule has 0 aliphatic carbocycles. The van der Waals surface area contributed by atoms with Crippen LogP contribution in [0.4, 0.5) is 5.69 Å². The number of fused-ring (bicyclic) bond motifs is 1. The summed E-state index contributed by atoms with van der Waals surface area (Å²) < 4.78 is 18.3. The van der Waals surface area contributed by atoms with E-state index in [1.807, 2.05) is 6.07 Å². The maximum Gasteiger partial charge on any atom is 0.338 e. The molecular formula is C25H24N4O6. The summed E-state index contributed by atoms with van der Waals surface area (Å²) in [5, 5.41) is 7.19. The van der Waals surface area contributed by atoms with Gasteiger partial charge in [0, 0.05) is 23.6 Å². The highest BCUT2D eigenvalue weighted by atomic mass is 16.5. The average Bonchev–Trinajstić information content (AvgIpc) is 3.31. The standard InChI is InChI=1S/C25H24N4O6/c1-4-35-25(32)16-5-8-18(9-6-16)26-23(30)15-28-11-12-29-20(24(28)31)14-19(27-29)17-7-10-21(33-2)22(13-17)34-3/h5-14H,4,15H2,1-3H3,(H,26,30). The Kier molecular flexibility index (Phi) is 6.81. The summed E-state index contributed by atoms with van der Waals surface area (Å²) in [6.07, 6.45) is 3.12. The van der Waals surface area contributed by atoms with Crippen LogP contribution in [0.15, 0.2) is 65.7 Å². The molecule has 0 unspecified atom stereocenters. The van der Waals surface area contributed by atoms with Crippen molar-refractivity contribution in [1.29, 1.82) is 0 Å². The molecule has 180 valence electrons. The zero-order valence-corrected chi connectivity index (χ0v) is 19.5. The number of ether oxygens (including phenoxy) is 3. The van der Waals surface area contributed by atoms with Crippen LogP contribution in [-0.2, 0) is 16.1 Å². The quantitative estimate of drug-likeness (QED) is 0.389. The maximum atomic E-state index is 13.0. The van der Waals surface area contributed by atoms with Gasteiger partial charge in [0.2, 0.25) is 5.91 Å². The van der Waals surface area contributed by atoms with Crippen LogP contribution in [0.5, 0.6) is 11.5 Å². The second-order valence-electron chi connectivity index (χ2n) is 7.51. The van der Waals surface area contributed by atoms with Crippen LogP contribution in [0.25, 0.3) is 16.8 Å². The third-order valence-electron chi connectivity index (χ3n) is 5.28. The molecule has 0 spiro atoms. The van der Waals surface area contributed by atoms with Gasteiger partial charge in [-0.3, -0.25) is 9.59 Å². The highest BCUT2D eigenvalue weighted by Gasteiger charge is 2.14. The van der Waals surface area contributed by atoms with Crippen LogP contribution in [0.1, 0.15) is 17.3 Å². The van der Waals surface area contributed by atoms with E-state index in [0.717, 1.165) is 5.56 Å². The molecule has 2 aromatic carbocycles. The van der Waals surface area contributed by atoms with Crippen molar-refractivity contribution < 1.29 is 23.8 Å². The Bertz CT molecular complexity index is 1440. The lowest BCUT2D eigenvalue weighted by molar-refractivity contribution is -0.116. The zero-order chi connectivity index (χ0) is 24.9. The first-order chi connectivity index (χ1) is 16.9. The van der Waals surface area contributed by atoms with Crippen LogP contribution in [0, 0.1) is 0 Å². The van der Waals surface area contributed by atoms with Crippen molar-refractivity contribution in [2.45, 2.75) is 13.5 Å². The van der Waals surface area contributed by atoms with Gasteiger partial charge in [-0.05, 0) is 55.5 Å². The molecule has 0 radical (unpaired) electrons. The molecule has 10 heteroatoms. The number of anilines is 1. The van der Waals surface area contributed by atoms with Crippen molar-refractivity contribution in [3.8, 4) is 22.8 Å². The van der Waals surface area contributed by atoms with Gasteiger partial charge in [-0.1, -0.05) is 0 Å². The van der Waals surface area contributed by atoms with Crippen LogP contribution >= 0.6 is 0 Å². The minimum Gasteiger partial charge on any atom is -0.493 e. The van der Waals surface area contributed by atoms with Gasteiger partial charge in [-0.2, -0.15) is 5.10 Å². The molecule has 0 fully saturated rings. The van der Waals surface area contributed by atoms with Gasteiger partial charge in [0.15, 0.2) is 11.5 Å². The van der Waals surface area contributed by atoms with Gasteiger partial charge in [-0.25, -0.2) is 9.31 Å². The Morgan fingerprint density at radius 2 is 1.71 bits per heavy atom. The number of rotatable bonds is 8. The largest absolute Gasteiger partial charge is 0.493 e. The SMILES string of the molecule is CCOC(=O)c1ccc(NC(=O)Cn2ccn3nc(-c4ccc(OC)c(OC)c4)cc3c2=O)cc1. The van der Waals surface area contributed by atoms with Crippen molar-refractivity contribution >= 4 is 23.1 Å². The fourth-order valence-corrected chi connectivity index (χ4v) is 3.55. The lowest BCUT2D eigenvalue weighted by Crippen LogP contribution is -2.28. The molecule has 0 bridgehead atoms. The first-order valence-electron chi connectivity index (χ1n) is 10.8. The van der Waals surface area contributed by atoms with Gasteiger partial charge < -0.3 is 24.1 Å². The Morgan fingerprint density at radius 1 is 0.971 bits per heavy atom. The summed E-state index contributed by atoms with van der Waals surface area (Å²) in [7, 11) is 3.10. The second kappa shape index (κ2) is 10.1. The molecule has 1 N–H and O–H groups in total. The fraction of sp³-hybridized carbons (Fsp3) is 0.200. The molecule has 2 aromatic heterocycles. The fourth-order valence-electron chi connectivity index (χ4n) is 3.55. The number of nitrogens with one attached hydrogen (secondary N) is 1. The molecule has 0 saturated carbocycles.